The molecule has 0 saturated carbocycles. The first-order chi connectivity index (χ1) is 9.21. The minimum absolute atomic E-state index is 0.101. The van der Waals surface area contributed by atoms with Crippen molar-refractivity contribution in [1.82, 2.24) is 4.98 Å². The molecule has 0 amide bonds. The van der Waals surface area contributed by atoms with Crippen LogP contribution in [-0.2, 0) is 6.18 Å². The standard InChI is InChI=1S/C11H6BrF5N2S/c12-7-4(1-2-5(13)8(7)14)9(18)6-3-19-10(20-6)11(15,16)17/h1-3,9H,18H2. The molecule has 0 aliphatic rings. The molecule has 0 radical (unpaired) electrons. The highest BCUT2D eigenvalue weighted by atomic mass is 79.9. The van der Waals surface area contributed by atoms with E-state index in [9.17, 15) is 22.0 Å². The van der Waals surface area contributed by atoms with Crippen molar-refractivity contribution in [3.63, 3.8) is 0 Å². The normalized spacial score (nSPS) is 13.6. The van der Waals surface area contributed by atoms with Crippen molar-refractivity contribution in [2.24, 2.45) is 5.73 Å². The van der Waals surface area contributed by atoms with Crippen LogP contribution >= 0.6 is 27.3 Å². The number of nitrogens with two attached hydrogens (primary N) is 1. The predicted molar refractivity (Wildman–Crippen MR) is 67.2 cm³/mol. The van der Waals surface area contributed by atoms with Gasteiger partial charge >= 0.3 is 6.18 Å². The lowest BCUT2D eigenvalue weighted by Crippen LogP contribution is -2.12. The molecule has 0 bridgehead atoms. The first kappa shape index (κ1) is 15.3. The third kappa shape index (κ3) is 2.84. The summed E-state index contributed by atoms with van der Waals surface area (Å²) in [5.74, 6) is -2.22. The molecule has 9 heteroatoms. The number of benzene rings is 1. The van der Waals surface area contributed by atoms with Gasteiger partial charge in [0.15, 0.2) is 16.6 Å². The van der Waals surface area contributed by atoms with E-state index < -0.39 is 28.9 Å². The first-order valence-electron chi connectivity index (χ1n) is 5.13. The second-order valence-corrected chi connectivity index (χ2v) is 5.66. The average Bonchev–Trinajstić information content (AvgIpc) is 2.85. The van der Waals surface area contributed by atoms with Crippen LogP contribution in [0, 0.1) is 11.6 Å². The third-order valence-electron chi connectivity index (χ3n) is 2.47. The lowest BCUT2D eigenvalue weighted by atomic mass is 10.1. The molecule has 108 valence electrons. The van der Waals surface area contributed by atoms with Crippen molar-refractivity contribution in [1.29, 1.82) is 0 Å². The number of thiazole rings is 1. The summed E-state index contributed by atoms with van der Waals surface area (Å²) in [6, 6.07) is 1.04. The number of nitrogens with zero attached hydrogens (tertiary/aromatic N) is 1. The van der Waals surface area contributed by atoms with Gasteiger partial charge in [-0.2, -0.15) is 13.2 Å². The molecule has 0 saturated heterocycles. The van der Waals surface area contributed by atoms with E-state index >= 15 is 0 Å². The van der Waals surface area contributed by atoms with E-state index in [1.54, 1.807) is 0 Å². The fraction of sp³-hybridized carbons (Fsp3) is 0.182. The van der Waals surface area contributed by atoms with Crippen LogP contribution in [0.4, 0.5) is 22.0 Å². The molecule has 0 spiro atoms. The Hall–Kier alpha value is -1.06. The minimum atomic E-state index is -4.56. The highest BCUT2D eigenvalue weighted by Crippen LogP contribution is 2.37. The van der Waals surface area contributed by atoms with Gasteiger partial charge < -0.3 is 5.73 Å². The first-order valence-corrected chi connectivity index (χ1v) is 6.74. The number of hydrogen-bond acceptors (Lipinski definition) is 3. The Kier molecular flexibility index (Phi) is 4.12. The van der Waals surface area contributed by atoms with Crippen LogP contribution in [0.15, 0.2) is 22.8 Å². The SMILES string of the molecule is NC(c1cnc(C(F)(F)F)s1)c1ccc(F)c(F)c1Br. The summed E-state index contributed by atoms with van der Waals surface area (Å²) in [7, 11) is 0. The molecule has 2 rings (SSSR count). The zero-order valence-electron chi connectivity index (χ0n) is 9.51. The van der Waals surface area contributed by atoms with Crippen molar-refractivity contribution in [3.05, 3.63) is 49.9 Å². The number of hydrogen-bond donors (Lipinski definition) is 1. The van der Waals surface area contributed by atoms with E-state index in [0.29, 0.717) is 11.3 Å². The maximum absolute atomic E-state index is 13.4. The van der Waals surface area contributed by atoms with Crippen LogP contribution in [0.1, 0.15) is 21.5 Å². The molecule has 0 aliphatic carbocycles. The molecule has 1 atom stereocenters. The van der Waals surface area contributed by atoms with Gasteiger partial charge in [0.25, 0.3) is 0 Å². The quantitative estimate of drug-likeness (QED) is 0.632. The van der Waals surface area contributed by atoms with E-state index in [0.717, 1.165) is 12.3 Å². The molecular weight excluding hydrogens is 367 g/mol. The number of aromatic nitrogens is 1. The molecule has 20 heavy (non-hydrogen) atoms. The zero-order valence-corrected chi connectivity index (χ0v) is 11.9. The zero-order chi connectivity index (χ0) is 15.1. The molecule has 0 aliphatic heterocycles. The minimum Gasteiger partial charge on any atom is -0.320 e. The molecule has 2 aromatic rings. The molecule has 1 unspecified atom stereocenters. The van der Waals surface area contributed by atoms with Gasteiger partial charge in [-0.15, -0.1) is 11.3 Å². The van der Waals surface area contributed by atoms with Crippen molar-refractivity contribution >= 4 is 27.3 Å². The molecule has 1 aromatic carbocycles. The van der Waals surface area contributed by atoms with Crippen LogP contribution in [-0.4, -0.2) is 4.98 Å². The largest absolute Gasteiger partial charge is 0.443 e. The van der Waals surface area contributed by atoms with Crippen molar-refractivity contribution in [3.8, 4) is 0 Å². The molecule has 1 aromatic heterocycles. The van der Waals surface area contributed by atoms with Crippen LogP contribution in [0.25, 0.3) is 0 Å². The van der Waals surface area contributed by atoms with E-state index in [1.165, 1.54) is 6.07 Å². The summed E-state index contributed by atoms with van der Waals surface area (Å²) >= 11 is 3.21. The predicted octanol–water partition coefficient (Wildman–Crippen LogP) is 4.25. The van der Waals surface area contributed by atoms with Crippen LogP contribution < -0.4 is 5.73 Å². The molecule has 2 N–H and O–H groups in total. The van der Waals surface area contributed by atoms with Gasteiger partial charge in [-0.25, -0.2) is 13.8 Å². The number of alkyl halides is 3. The Bertz CT molecular complexity index is 640. The van der Waals surface area contributed by atoms with E-state index in [4.69, 9.17) is 5.73 Å². The van der Waals surface area contributed by atoms with Crippen LogP contribution in [0.2, 0.25) is 0 Å². The molecule has 1 heterocycles. The summed E-state index contributed by atoms with van der Waals surface area (Å²) in [6.07, 6.45) is -3.58. The summed E-state index contributed by atoms with van der Waals surface area (Å²) < 4.78 is 63.5. The van der Waals surface area contributed by atoms with E-state index in [1.807, 2.05) is 0 Å². The third-order valence-corrected chi connectivity index (χ3v) is 4.40. The fourth-order valence-corrected chi connectivity index (χ4v) is 2.87. The van der Waals surface area contributed by atoms with Gasteiger partial charge in [-0.05, 0) is 27.6 Å². The summed E-state index contributed by atoms with van der Waals surface area (Å²) in [4.78, 5) is 3.34. The maximum Gasteiger partial charge on any atom is 0.443 e. The molecule has 2 nitrogen and oxygen atoms in total. The highest BCUT2D eigenvalue weighted by Gasteiger charge is 2.35. The smallest absolute Gasteiger partial charge is 0.320 e. The monoisotopic (exact) mass is 372 g/mol. The van der Waals surface area contributed by atoms with Crippen molar-refractivity contribution in [2.75, 3.05) is 0 Å². The van der Waals surface area contributed by atoms with Crippen LogP contribution in [0.3, 0.4) is 0 Å². The lowest BCUT2D eigenvalue weighted by molar-refractivity contribution is -0.137. The topological polar surface area (TPSA) is 38.9 Å². The Morgan fingerprint density at radius 3 is 2.45 bits per heavy atom. The van der Waals surface area contributed by atoms with Gasteiger partial charge in [0, 0.05) is 11.1 Å². The summed E-state index contributed by atoms with van der Waals surface area (Å²) in [6.45, 7) is 0. The lowest BCUT2D eigenvalue weighted by Gasteiger charge is -2.12. The van der Waals surface area contributed by atoms with E-state index in [-0.39, 0.29) is 14.9 Å². The Morgan fingerprint density at radius 1 is 1.25 bits per heavy atom. The second kappa shape index (κ2) is 5.38. The average molecular weight is 373 g/mol. The Morgan fingerprint density at radius 2 is 1.90 bits per heavy atom. The number of halogens is 6. The van der Waals surface area contributed by atoms with Gasteiger partial charge in [-0.1, -0.05) is 6.07 Å². The van der Waals surface area contributed by atoms with Crippen LogP contribution in [0.5, 0.6) is 0 Å². The van der Waals surface area contributed by atoms with Gasteiger partial charge in [0.2, 0.25) is 0 Å². The second-order valence-electron chi connectivity index (χ2n) is 3.81. The molecular formula is C11H6BrF5N2S. The Labute approximate surface area is 122 Å². The van der Waals surface area contributed by atoms with Gasteiger partial charge in [0.1, 0.15) is 0 Å². The van der Waals surface area contributed by atoms with Crippen molar-refractivity contribution < 1.29 is 22.0 Å². The van der Waals surface area contributed by atoms with Crippen molar-refractivity contribution in [2.45, 2.75) is 12.2 Å². The fourth-order valence-electron chi connectivity index (χ4n) is 1.50. The molecule has 0 fully saturated rings. The van der Waals surface area contributed by atoms with Gasteiger partial charge in [0.05, 0.1) is 10.5 Å². The maximum atomic E-state index is 13.4. The highest BCUT2D eigenvalue weighted by molar-refractivity contribution is 9.10. The van der Waals surface area contributed by atoms with Gasteiger partial charge in [-0.3, -0.25) is 0 Å². The summed E-state index contributed by atoms with van der Waals surface area (Å²) in [5, 5.41) is -1.04. The number of rotatable bonds is 2. The summed E-state index contributed by atoms with van der Waals surface area (Å²) in [5.41, 5.74) is 5.92. The Balaban J connectivity index is 2.39. The van der Waals surface area contributed by atoms with E-state index in [2.05, 4.69) is 20.9 Å².